The molecule has 2 heterocycles. The molecule has 2 aromatic carbocycles. The second kappa shape index (κ2) is 5.78. The molecule has 0 radical (unpaired) electrons. The van der Waals surface area contributed by atoms with Crippen LogP contribution in [0.2, 0.25) is 5.02 Å². The van der Waals surface area contributed by atoms with Crippen LogP contribution < -0.4 is 15.3 Å². The molecule has 0 fully saturated rings. The monoisotopic (exact) mass is 367 g/mol. The maximum absolute atomic E-state index is 12.4. The first-order valence-corrected chi connectivity index (χ1v) is 9.24. The van der Waals surface area contributed by atoms with Crippen molar-refractivity contribution in [2.45, 2.75) is 32.7 Å². The van der Waals surface area contributed by atoms with E-state index < -0.39 is 0 Å². The molecule has 2 aliphatic rings. The summed E-state index contributed by atoms with van der Waals surface area (Å²) in [6.45, 7) is 3.07. The number of fused-ring (bicyclic) bond motifs is 5. The highest BCUT2D eigenvalue weighted by atomic mass is 35.5. The summed E-state index contributed by atoms with van der Waals surface area (Å²) < 4.78 is 11.7. The summed E-state index contributed by atoms with van der Waals surface area (Å²) in [7, 11) is 0. The molecule has 26 heavy (non-hydrogen) atoms. The molecule has 5 heteroatoms. The highest BCUT2D eigenvalue weighted by molar-refractivity contribution is 6.33. The maximum atomic E-state index is 12.4. The molecule has 0 atom stereocenters. The van der Waals surface area contributed by atoms with Crippen molar-refractivity contribution < 1.29 is 9.15 Å². The predicted octanol–water partition coefficient (Wildman–Crippen LogP) is 4.60. The Hall–Kier alpha value is -2.46. The zero-order chi connectivity index (χ0) is 17.8. The highest BCUT2D eigenvalue weighted by Gasteiger charge is 2.28. The minimum Gasteiger partial charge on any atom is -0.471 e. The third-order valence-electron chi connectivity index (χ3n) is 5.38. The van der Waals surface area contributed by atoms with E-state index in [9.17, 15) is 4.79 Å². The van der Waals surface area contributed by atoms with Crippen molar-refractivity contribution in [3.05, 3.63) is 68.0 Å². The SMILES string of the molecule is Cc1ccc(N2COc3c(Cl)cc4c5c(c(=O)oc4c3C2)CCC5)cc1. The first-order chi connectivity index (χ1) is 12.6. The molecule has 0 saturated carbocycles. The molecule has 0 bridgehead atoms. The van der Waals surface area contributed by atoms with Crippen LogP contribution in [0.3, 0.4) is 0 Å². The number of ether oxygens (including phenoxy) is 1. The fraction of sp³-hybridized carbons (Fsp3) is 0.286. The van der Waals surface area contributed by atoms with Crippen molar-refractivity contribution in [1.82, 2.24) is 0 Å². The largest absolute Gasteiger partial charge is 0.471 e. The first kappa shape index (κ1) is 15.8. The molecule has 4 nitrogen and oxygen atoms in total. The number of hydrogen-bond acceptors (Lipinski definition) is 4. The minimum atomic E-state index is -0.220. The molecule has 5 rings (SSSR count). The number of halogens is 1. The Morgan fingerprint density at radius 2 is 1.85 bits per heavy atom. The maximum Gasteiger partial charge on any atom is 0.339 e. The van der Waals surface area contributed by atoms with E-state index in [1.807, 2.05) is 6.07 Å². The number of hydrogen-bond donors (Lipinski definition) is 0. The van der Waals surface area contributed by atoms with Crippen molar-refractivity contribution in [2.24, 2.45) is 0 Å². The summed E-state index contributed by atoms with van der Waals surface area (Å²) >= 11 is 6.51. The second-order valence-electron chi connectivity index (χ2n) is 7.05. The third kappa shape index (κ3) is 2.32. The lowest BCUT2D eigenvalue weighted by molar-refractivity contribution is 0.289. The van der Waals surface area contributed by atoms with E-state index in [1.54, 1.807) is 0 Å². The molecule has 1 aliphatic heterocycles. The van der Waals surface area contributed by atoms with Crippen LogP contribution >= 0.6 is 11.6 Å². The highest BCUT2D eigenvalue weighted by Crippen LogP contribution is 2.41. The van der Waals surface area contributed by atoms with E-state index in [-0.39, 0.29) is 5.63 Å². The van der Waals surface area contributed by atoms with Gasteiger partial charge in [0.15, 0.2) is 6.73 Å². The molecule has 0 unspecified atom stereocenters. The lowest BCUT2D eigenvalue weighted by atomic mass is 10.0. The van der Waals surface area contributed by atoms with Crippen LogP contribution in [-0.4, -0.2) is 6.73 Å². The van der Waals surface area contributed by atoms with Gasteiger partial charge in [-0.1, -0.05) is 29.3 Å². The Kier molecular flexibility index (Phi) is 3.50. The van der Waals surface area contributed by atoms with Crippen LogP contribution in [0.1, 0.15) is 28.7 Å². The zero-order valence-corrected chi connectivity index (χ0v) is 15.2. The quantitative estimate of drug-likeness (QED) is 0.589. The smallest absolute Gasteiger partial charge is 0.339 e. The molecule has 0 spiro atoms. The third-order valence-corrected chi connectivity index (χ3v) is 5.66. The van der Waals surface area contributed by atoms with Crippen LogP contribution in [0.15, 0.2) is 39.5 Å². The molecule has 0 N–H and O–H groups in total. The Labute approximate surface area is 155 Å². The lowest BCUT2D eigenvalue weighted by Crippen LogP contribution is -2.32. The number of nitrogens with zero attached hydrogens (tertiary/aromatic N) is 1. The van der Waals surface area contributed by atoms with Crippen LogP contribution in [-0.2, 0) is 19.4 Å². The molecular weight excluding hydrogens is 350 g/mol. The second-order valence-corrected chi connectivity index (χ2v) is 7.46. The van der Waals surface area contributed by atoms with Gasteiger partial charge < -0.3 is 14.1 Å². The van der Waals surface area contributed by atoms with Crippen LogP contribution in [0.5, 0.6) is 5.75 Å². The normalized spacial score (nSPS) is 15.7. The Balaban J connectivity index is 1.68. The van der Waals surface area contributed by atoms with Crippen molar-refractivity contribution in [3.63, 3.8) is 0 Å². The lowest BCUT2D eigenvalue weighted by Gasteiger charge is -2.31. The summed E-state index contributed by atoms with van der Waals surface area (Å²) in [6, 6.07) is 10.2. The van der Waals surface area contributed by atoms with Gasteiger partial charge in [-0.3, -0.25) is 0 Å². The molecule has 0 saturated heterocycles. The topological polar surface area (TPSA) is 42.7 Å². The average molecular weight is 368 g/mol. The van der Waals surface area contributed by atoms with E-state index >= 15 is 0 Å². The van der Waals surface area contributed by atoms with Gasteiger partial charge in [-0.25, -0.2) is 4.79 Å². The van der Waals surface area contributed by atoms with Crippen molar-refractivity contribution in [3.8, 4) is 5.75 Å². The standard InChI is InChI=1S/C21H18ClNO3/c1-12-5-7-13(8-6-12)23-10-17-19-16(9-18(22)20(17)25-11-23)14-3-2-4-15(14)21(24)26-19/h5-9H,2-4,10-11H2,1H3. The van der Waals surface area contributed by atoms with E-state index in [2.05, 4.69) is 36.1 Å². The van der Waals surface area contributed by atoms with Gasteiger partial charge in [0.2, 0.25) is 0 Å². The number of aryl methyl sites for hydroxylation is 2. The zero-order valence-electron chi connectivity index (χ0n) is 14.5. The van der Waals surface area contributed by atoms with Gasteiger partial charge >= 0.3 is 5.63 Å². The average Bonchev–Trinajstić information content (AvgIpc) is 3.14. The summed E-state index contributed by atoms with van der Waals surface area (Å²) in [4.78, 5) is 14.5. The van der Waals surface area contributed by atoms with E-state index in [0.29, 0.717) is 29.6 Å². The van der Waals surface area contributed by atoms with E-state index in [1.165, 1.54) is 5.56 Å². The number of anilines is 1. The van der Waals surface area contributed by atoms with Crippen LogP contribution in [0.4, 0.5) is 5.69 Å². The van der Waals surface area contributed by atoms with Gasteiger partial charge in [0.05, 0.1) is 17.1 Å². The van der Waals surface area contributed by atoms with Crippen LogP contribution in [0, 0.1) is 6.92 Å². The fourth-order valence-electron chi connectivity index (χ4n) is 4.03. The van der Waals surface area contributed by atoms with Crippen molar-refractivity contribution in [1.29, 1.82) is 0 Å². The van der Waals surface area contributed by atoms with Gasteiger partial charge in [-0.15, -0.1) is 0 Å². The summed E-state index contributed by atoms with van der Waals surface area (Å²) in [5.74, 6) is 0.628. The predicted molar refractivity (Wildman–Crippen MR) is 102 cm³/mol. The number of benzene rings is 2. The van der Waals surface area contributed by atoms with E-state index in [0.717, 1.165) is 47.0 Å². The molecule has 1 aromatic heterocycles. The van der Waals surface area contributed by atoms with Gasteiger partial charge in [-0.2, -0.15) is 0 Å². The fourth-order valence-corrected chi connectivity index (χ4v) is 4.31. The summed E-state index contributed by atoms with van der Waals surface area (Å²) in [6.07, 6.45) is 2.67. The summed E-state index contributed by atoms with van der Waals surface area (Å²) in [5.41, 5.74) is 5.43. The molecule has 0 amide bonds. The van der Waals surface area contributed by atoms with Crippen molar-refractivity contribution in [2.75, 3.05) is 11.6 Å². The minimum absolute atomic E-state index is 0.220. The number of rotatable bonds is 1. The molecule has 1 aliphatic carbocycles. The molecular formula is C21H18ClNO3. The van der Waals surface area contributed by atoms with Gasteiger partial charge in [0.1, 0.15) is 11.3 Å². The molecule has 132 valence electrons. The van der Waals surface area contributed by atoms with Gasteiger partial charge in [0, 0.05) is 16.6 Å². The van der Waals surface area contributed by atoms with Crippen molar-refractivity contribution >= 4 is 28.3 Å². The molecule has 3 aromatic rings. The van der Waals surface area contributed by atoms with Crippen LogP contribution in [0.25, 0.3) is 11.0 Å². The summed E-state index contributed by atoms with van der Waals surface area (Å²) in [5, 5.41) is 1.54. The Bertz CT molecular complexity index is 1090. The van der Waals surface area contributed by atoms with Gasteiger partial charge in [0.25, 0.3) is 0 Å². The first-order valence-electron chi connectivity index (χ1n) is 8.86. The Morgan fingerprint density at radius 1 is 1.08 bits per heavy atom. The van der Waals surface area contributed by atoms with E-state index in [4.69, 9.17) is 20.8 Å². The Morgan fingerprint density at radius 3 is 2.65 bits per heavy atom. The van der Waals surface area contributed by atoms with Gasteiger partial charge in [-0.05, 0) is 49.9 Å².